The van der Waals surface area contributed by atoms with E-state index in [9.17, 15) is 0 Å². The summed E-state index contributed by atoms with van der Waals surface area (Å²) < 4.78 is 2.73. The number of hydrogen-bond donors (Lipinski definition) is 0. The molecule has 0 unspecified atom stereocenters. The van der Waals surface area contributed by atoms with E-state index in [0.717, 1.165) is 12.1 Å². The molecule has 0 radical (unpaired) electrons. The number of pyridine rings is 1. The molecule has 2 heterocycles. The number of aryl methyl sites for hydroxylation is 1. The van der Waals surface area contributed by atoms with E-state index in [0.29, 0.717) is 0 Å². The van der Waals surface area contributed by atoms with Crippen molar-refractivity contribution >= 4 is 68.8 Å². The molecule has 0 aliphatic carbocycles. The van der Waals surface area contributed by atoms with Gasteiger partial charge in [0.25, 0.3) is 0 Å². The van der Waals surface area contributed by atoms with Crippen LogP contribution in [0, 0.1) is 12.3 Å². The Bertz CT molecular complexity index is 2000. The fourth-order valence-electron chi connectivity index (χ4n) is 6.53. The van der Waals surface area contributed by atoms with E-state index >= 15 is 0 Å². The van der Waals surface area contributed by atoms with Crippen molar-refractivity contribution in [2.24, 2.45) is 5.41 Å². The monoisotopic (exact) mass is 615 g/mol. The number of fused-ring (bicyclic) bond motifs is 4. The minimum absolute atomic E-state index is 0.260. The maximum atomic E-state index is 5.31. The van der Waals surface area contributed by atoms with Crippen molar-refractivity contribution in [3.05, 3.63) is 90.1 Å². The van der Waals surface area contributed by atoms with E-state index in [-0.39, 0.29) is 5.41 Å². The Labute approximate surface area is 264 Å². The van der Waals surface area contributed by atoms with Crippen LogP contribution in [-0.2, 0) is 6.42 Å². The van der Waals surface area contributed by atoms with Gasteiger partial charge in [-0.05, 0) is 75.2 Å². The lowest BCUT2D eigenvalue weighted by molar-refractivity contribution is 0.411. The Morgan fingerprint density at radius 1 is 0.721 bits per heavy atom. The van der Waals surface area contributed by atoms with Crippen molar-refractivity contribution in [2.45, 2.75) is 73.4 Å². The lowest BCUT2D eigenvalue weighted by Crippen LogP contribution is -2.38. The third-order valence-corrected chi connectivity index (χ3v) is 13.8. The summed E-state index contributed by atoms with van der Waals surface area (Å²) >= 11 is 1.95. The molecule has 0 bridgehead atoms. The van der Waals surface area contributed by atoms with E-state index < -0.39 is 16.1 Å². The molecule has 6 aromatic rings. The number of rotatable bonds is 5. The molecule has 0 fully saturated rings. The van der Waals surface area contributed by atoms with Crippen molar-refractivity contribution in [2.75, 3.05) is 0 Å². The number of benzene rings is 4. The number of hydrogen-bond acceptors (Lipinski definition) is 2. The first-order chi connectivity index (χ1) is 20.1. The molecule has 2 aromatic heterocycles. The predicted octanol–water partition coefficient (Wildman–Crippen LogP) is 10.9. The van der Waals surface area contributed by atoms with Crippen molar-refractivity contribution in [3.63, 3.8) is 0 Å². The van der Waals surface area contributed by atoms with Crippen LogP contribution >= 0.6 is 11.3 Å². The molecule has 1 nitrogen and oxygen atoms in total. The van der Waals surface area contributed by atoms with Gasteiger partial charge in [-0.3, -0.25) is 4.98 Å². The van der Waals surface area contributed by atoms with Crippen LogP contribution in [0.5, 0.6) is 0 Å². The topological polar surface area (TPSA) is 12.9 Å². The van der Waals surface area contributed by atoms with Crippen LogP contribution in [0.1, 0.15) is 31.9 Å². The van der Waals surface area contributed by atoms with Crippen LogP contribution in [0.25, 0.3) is 53.3 Å². The lowest BCUT2D eigenvalue weighted by Gasteiger charge is -2.23. The van der Waals surface area contributed by atoms with Gasteiger partial charge in [0.2, 0.25) is 0 Å². The van der Waals surface area contributed by atoms with Gasteiger partial charge in [-0.2, -0.15) is 0 Å². The Hall–Kier alpha value is -3.06. The zero-order valence-corrected chi connectivity index (χ0v) is 30.4. The summed E-state index contributed by atoms with van der Waals surface area (Å²) in [7, 11) is -3.31. The summed E-state index contributed by atoms with van der Waals surface area (Å²) in [6.07, 6.45) is 3.30. The minimum Gasteiger partial charge on any atom is -0.255 e. The molecule has 0 amide bonds. The molecule has 4 heteroatoms. The van der Waals surface area contributed by atoms with Crippen LogP contribution in [0.2, 0.25) is 39.3 Å². The first-order valence-corrected chi connectivity index (χ1v) is 23.4. The fraction of sp³-hybridized carbons (Fsp3) is 0.308. The molecule has 0 atom stereocenters. The summed E-state index contributed by atoms with van der Waals surface area (Å²) in [6.45, 7) is 24.0. The van der Waals surface area contributed by atoms with Gasteiger partial charge in [0.1, 0.15) is 0 Å². The molecule has 0 saturated heterocycles. The highest BCUT2D eigenvalue weighted by molar-refractivity contribution is 7.26. The van der Waals surface area contributed by atoms with Gasteiger partial charge in [-0.15, -0.1) is 11.3 Å². The third kappa shape index (κ3) is 5.77. The first kappa shape index (κ1) is 30.0. The maximum Gasteiger partial charge on any atom is 0.0880 e. The molecule has 4 aromatic carbocycles. The Kier molecular flexibility index (Phi) is 7.35. The molecular weight excluding hydrogens is 571 g/mol. The van der Waals surface area contributed by atoms with Gasteiger partial charge >= 0.3 is 0 Å². The summed E-state index contributed by atoms with van der Waals surface area (Å²) in [5, 5.41) is 8.53. The highest BCUT2D eigenvalue weighted by atomic mass is 32.1. The van der Waals surface area contributed by atoms with E-state index in [1.807, 2.05) is 11.3 Å². The van der Waals surface area contributed by atoms with Crippen molar-refractivity contribution in [3.8, 4) is 22.4 Å². The van der Waals surface area contributed by atoms with Crippen molar-refractivity contribution < 1.29 is 0 Å². The fourth-order valence-corrected chi connectivity index (χ4v) is 11.0. The van der Waals surface area contributed by atoms with Crippen LogP contribution in [0.15, 0.2) is 79.0 Å². The van der Waals surface area contributed by atoms with Gasteiger partial charge in [-0.25, -0.2) is 0 Å². The number of aromatic nitrogens is 1. The molecule has 0 saturated carbocycles. The number of thiophene rings is 1. The Balaban J connectivity index is 1.65. The summed E-state index contributed by atoms with van der Waals surface area (Å²) in [4.78, 5) is 5.31. The van der Waals surface area contributed by atoms with Crippen LogP contribution in [-0.4, -0.2) is 21.1 Å². The Morgan fingerprint density at radius 2 is 1.42 bits per heavy atom. The predicted molar refractivity (Wildman–Crippen MR) is 199 cm³/mol. The molecule has 6 rings (SSSR count). The average Bonchev–Trinajstić information content (AvgIpc) is 3.28. The van der Waals surface area contributed by atoms with E-state index in [1.165, 1.54) is 69.1 Å². The molecule has 0 N–H and O–H groups in total. The van der Waals surface area contributed by atoms with Gasteiger partial charge in [0.05, 0.1) is 26.5 Å². The van der Waals surface area contributed by atoms with E-state index in [1.54, 1.807) is 0 Å². The molecule has 0 aliphatic heterocycles. The standard InChI is InChI=1S/C39H45NSSi2/c1-25-18-32-28(21-31(25)27-14-12-11-13-15-27)20-29(22-34(32)42(5,6)7)37-38-36(35(24-40-37)43(8,9)10)30-17-16-26(19-33(30)41-38)23-39(2,3)4/h11-22,24H,23H2,1-10H3. The third-order valence-electron chi connectivity index (χ3n) is 8.57. The van der Waals surface area contributed by atoms with Gasteiger partial charge in [0.15, 0.2) is 0 Å². The van der Waals surface area contributed by atoms with Crippen LogP contribution in [0.4, 0.5) is 0 Å². The highest BCUT2D eigenvalue weighted by Gasteiger charge is 2.27. The molecule has 43 heavy (non-hydrogen) atoms. The summed E-state index contributed by atoms with van der Waals surface area (Å²) in [5.41, 5.74) is 7.99. The second-order valence-corrected chi connectivity index (χ2v) is 26.8. The van der Waals surface area contributed by atoms with Gasteiger partial charge in [0, 0.05) is 27.2 Å². The molecule has 0 aliphatic rings. The normalized spacial score (nSPS) is 13.0. The summed E-state index contributed by atoms with van der Waals surface area (Å²) in [5.74, 6) is 0. The molecular formula is C39H45NSSi2. The zero-order chi connectivity index (χ0) is 30.9. The second-order valence-electron chi connectivity index (χ2n) is 15.7. The molecule has 220 valence electrons. The van der Waals surface area contributed by atoms with Crippen molar-refractivity contribution in [1.29, 1.82) is 0 Å². The largest absolute Gasteiger partial charge is 0.255 e. The van der Waals surface area contributed by atoms with E-state index in [4.69, 9.17) is 4.98 Å². The second kappa shape index (κ2) is 10.5. The lowest BCUT2D eigenvalue weighted by atomic mass is 9.88. The van der Waals surface area contributed by atoms with Crippen LogP contribution in [0.3, 0.4) is 0 Å². The summed E-state index contributed by atoms with van der Waals surface area (Å²) in [6, 6.07) is 27.8. The first-order valence-electron chi connectivity index (χ1n) is 15.6. The SMILES string of the molecule is Cc1cc2c([Si](C)(C)C)cc(-c3ncc([Si](C)(C)C)c4c3sc3cc(CC(C)(C)C)ccc34)cc2cc1-c1ccccc1. The average molecular weight is 616 g/mol. The minimum atomic E-state index is -1.67. The van der Waals surface area contributed by atoms with E-state index in [2.05, 4.69) is 146 Å². The maximum absolute atomic E-state index is 5.31. The van der Waals surface area contributed by atoms with Crippen LogP contribution < -0.4 is 10.4 Å². The van der Waals surface area contributed by atoms with Crippen molar-refractivity contribution in [1.82, 2.24) is 4.98 Å². The van der Waals surface area contributed by atoms with Gasteiger partial charge < -0.3 is 0 Å². The number of nitrogens with zero attached hydrogens (tertiary/aromatic N) is 1. The van der Waals surface area contributed by atoms with Gasteiger partial charge in [-0.1, -0.05) is 120 Å². The highest BCUT2D eigenvalue weighted by Crippen LogP contribution is 2.41. The Morgan fingerprint density at radius 3 is 2.07 bits per heavy atom. The zero-order valence-electron chi connectivity index (χ0n) is 27.6. The smallest absolute Gasteiger partial charge is 0.0880 e. The molecule has 0 spiro atoms. The quantitative estimate of drug-likeness (QED) is 0.176.